The molecule has 1 heterocycles. The van der Waals surface area contributed by atoms with Crippen LogP contribution in [-0.4, -0.2) is 58.0 Å². The number of rotatable bonds is 8. The fraction of sp³-hybridized carbons (Fsp3) is 0.632. The van der Waals surface area contributed by atoms with E-state index in [9.17, 15) is 13.2 Å². The molecule has 0 aromatic heterocycles. The van der Waals surface area contributed by atoms with E-state index < -0.39 is 10.0 Å². The van der Waals surface area contributed by atoms with Crippen molar-refractivity contribution in [2.24, 2.45) is 0 Å². The molecule has 152 valence electrons. The monoisotopic (exact) mass is 398 g/mol. The van der Waals surface area contributed by atoms with Gasteiger partial charge in [-0.05, 0) is 44.4 Å². The van der Waals surface area contributed by atoms with Gasteiger partial charge in [-0.25, -0.2) is 8.42 Å². The number of anilines is 1. The van der Waals surface area contributed by atoms with Crippen LogP contribution in [0, 0.1) is 0 Å². The number of nitrogens with zero attached hydrogens (tertiary/aromatic N) is 1. The van der Waals surface area contributed by atoms with Crippen LogP contribution in [0.4, 0.5) is 5.69 Å². The molecule has 1 aromatic carbocycles. The number of amides is 1. The largest absolute Gasteiger partial charge is 0.495 e. The molecule has 0 spiro atoms. The third-order valence-electron chi connectivity index (χ3n) is 5.26. The summed E-state index contributed by atoms with van der Waals surface area (Å²) in [7, 11) is -2.10. The van der Waals surface area contributed by atoms with E-state index in [-0.39, 0.29) is 10.8 Å². The fourth-order valence-electron chi connectivity index (χ4n) is 3.57. The molecule has 1 aliphatic rings. The molecule has 1 unspecified atom stereocenters. The van der Waals surface area contributed by atoms with E-state index in [1.807, 2.05) is 0 Å². The van der Waals surface area contributed by atoms with Gasteiger partial charge in [-0.15, -0.1) is 0 Å². The van der Waals surface area contributed by atoms with Crippen LogP contribution in [0.1, 0.15) is 40.0 Å². The molecule has 0 saturated carbocycles. The zero-order chi connectivity index (χ0) is 20.0. The number of piperidine rings is 1. The van der Waals surface area contributed by atoms with Crippen LogP contribution in [0.15, 0.2) is 23.1 Å². The number of sulfonamides is 1. The van der Waals surface area contributed by atoms with Crippen LogP contribution in [0.3, 0.4) is 0 Å². The van der Waals surface area contributed by atoms with Crippen LogP contribution in [0.2, 0.25) is 0 Å². The number of benzene rings is 1. The molecule has 0 aliphatic carbocycles. The maximum absolute atomic E-state index is 12.8. The van der Waals surface area contributed by atoms with Gasteiger partial charge in [0.1, 0.15) is 5.75 Å². The Morgan fingerprint density at radius 3 is 2.59 bits per heavy atom. The topological polar surface area (TPSA) is 80.2 Å². The first-order valence-electron chi connectivity index (χ1n) is 9.66. The lowest BCUT2D eigenvalue weighted by atomic mass is 10.0. The fourth-order valence-corrected chi connectivity index (χ4v) is 5.06. The number of nitrogens with one attached hydrogen (secondary N) is 2. The second kappa shape index (κ2) is 9.52. The number of methoxy groups -OCH3 is 1. The van der Waals surface area contributed by atoms with Gasteiger partial charge < -0.3 is 15.0 Å². The van der Waals surface area contributed by atoms with Crippen molar-refractivity contribution in [1.82, 2.24) is 4.31 Å². The lowest BCUT2D eigenvalue weighted by molar-refractivity contribution is -0.920. The number of carbonyl (C=O) groups is 1. The van der Waals surface area contributed by atoms with Gasteiger partial charge in [0, 0.05) is 13.1 Å². The van der Waals surface area contributed by atoms with Crippen LogP contribution in [0.25, 0.3) is 0 Å². The Hall–Kier alpha value is -1.64. The Kier molecular flexibility index (Phi) is 7.64. The Morgan fingerprint density at radius 2 is 2.00 bits per heavy atom. The lowest BCUT2D eigenvalue weighted by Crippen LogP contribution is -3.17. The predicted octanol–water partition coefficient (Wildman–Crippen LogP) is 1.12. The highest BCUT2D eigenvalue weighted by Gasteiger charge is 2.26. The van der Waals surface area contributed by atoms with Gasteiger partial charge >= 0.3 is 0 Å². The van der Waals surface area contributed by atoms with Crippen molar-refractivity contribution in [2.75, 3.05) is 38.6 Å². The van der Waals surface area contributed by atoms with Crippen LogP contribution in [-0.2, 0) is 14.8 Å². The smallest absolute Gasteiger partial charge is 0.279 e. The van der Waals surface area contributed by atoms with Crippen molar-refractivity contribution in [3.63, 3.8) is 0 Å². The van der Waals surface area contributed by atoms with E-state index in [0.29, 0.717) is 37.1 Å². The van der Waals surface area contributed by atoms with Gasteiger partial charge in [-0.3, -0.25) is 4.79 Å². The van der Waals surface area contributed by atoms with Gasteiger partial charge in [0.15, 0.2) is 6.54 Å². The van der Waals surface area contributed by atoms with Crippen molar-refractivity contribution in [3.05, 3.63) is 18.2 Å². The third kappa shape index (κ3) is 5.21. The first-order valence-corrected chi connectivity index (χ1v) is 11.1. The molecule has 27 heavy (non-hydrogen) atoms. The minimum Gasteiger partial charge on any atom is -0.495 e. The van der Waals surface area contributed by atoms with Crippen molar-refractivity contribution >= 4 is 21.6 Å². The van der Waals surface area contributed by atoms with E-state index in [4.69, 9.17) is 4.74 Å². The summed E-state index contributed by atoms with van der Waals surface area (Å²) in [5, 5.41) is 2.85. The van der Waals surface area contributed by atoms with Crippen LogP contribution >= 0.6 is 0 Å². The zero-order valence-corrected chi connectivity index (χ0v) is 17.6. The van der Waals surface area contributed by atoms with Crippen molar-refractivity contribution < 1.29 is 22.8 Å². The van der Waals surface area contributed by atoms with Gasteiger partial charge in [-0.2, -0.15) is 4.31 Å². The second-order valence-corrected chi connectivity index (χ2v) is 8.92. The third-order valence-corrected chi connectivity index (χ3v) is 7.30. The molecule has 1 aliphatic heterocycles. The standard InChI is InChI=1S/C19H31N3O4S/c1-5-22(6-2)27(24,25)16-10-11-18(26-4)17(13-16)20-19(23)14-21-12-8-7-9-15(21)3/h10-11,13,15H,5-9,12,14H2,1-4H3,(H,20,23)/p+1/t15-/m1/s1. The highest BCUT2D eigenvalue weighted by atomic mass is 32.2. The molecule has 7 nitrogen and oxygen atoms in total. The second-order valence-electron chi connectivity index (χ2n) is 6.98. The Balaban J connectivity index is 2.21. The van der Waals surface area contributed by atoms with Gasteiger partial charge in [0.25, 0.3) is 5.91 Å². The van der Waals surface area contributed by atoms with Crippen LogP contribution in [0.5, 0.6) is 5.75 Å². The summed E-state index contributed by atoms with van der Waals surface area (Å²) in [5.41, 5.74) is 0.389. The van der Waals surface area contributed by atoms with Crippen molar-refractivity contribution in [3.8, 4) is 5.75 Å². The van der Waals surface area contributed by atoms with Crippen molar-refractivity contribution in [1.29, 1.82) is 0 Å². The molecule has 1 aromatic rings. The minimum absolute atomic E-state index is 0.130. The van der Waals surface area contributed by atoms with Crippen molar-refractivity contribution in [2.45, 2.75) is 51.0 Å². The molecular formula is C19H32N3O4S+. The summed E-state index contributed by atoms with van der Waals surface area (Å²) in [6.45, 7) is 7.91. The Bertz CT molecular complexity index is 747. The van der Waals surface area contributed by atoms with Crippen LogP contribution < -0.4 is 15.0 Å². The summed E-state index contributed by atoms with van der Waals surface area (Å²) in [5.74, 6) is 0.318. The number of carbonyl (C=O) groups excluding carboxylic acids is 1. The Morgan fingerprint density at radius 1 is 1.30 bits per heavy atom. The van der Waals surface area contributed by atoms with E-state index in [1.54, 1.807) is 19.9 Å². The predicted molar refractivity (Wildman–Crippen MR) is 106 cm³/mol. The number of likely N-dealkylation sites (tertiary alicyclic amines) is 1. The normalized spacial score (nSPS) is 20.5. The molecule has 0 radical (unpaired) electrons. The van der Waals surface area contributed by atoms with Gasteiger partial charge in [-0.1, -0.05) is 13.8 Å². The number of ether oxygens (including phenoxy) is 1. The summed E-state index contributed by atoms with van der Waals surface area (Å²) >= 11 is 0. The maximum Gasteiger partial charge on any atom is 0.279 e. The lowest BCUT2D eigenvalue weighted by Gasteiger charge is -2.29. The van der Waals surface area contributed by atoms with E-state index in [2.05, 4.69) is 12.2 Å². The number of hydrogen-bond donors (Lipinski definition) is 2. The summed E-state index contributed by atoms with van der Waals surface area (Å²) < 4.78 is 32.2. The molecule has 1 amide bonds. The summed E-state index contributed by atoms with van der Waals surface area (Å²) in [4.78, 5) is 14.0. The zero-order valence-electron chi connectivity index (χ0n) is 16.7. The SMILES string of the molecule is CCN(CC)S(=O)(=O)c1ccc(OC)c(NC(=O)C[NH+]2CCCC[C@H]2C)c1. The van der Waals surface area contributed by atoms with Gasteiger partial charge in [0.05, 0.1) is 30.3 Å². The first kappa shape index (κ1) is 21.7. The Labute approximate surface area is 162 Å². The molecule has 1 fully saturated rings. The molecule has 8 heteroatoms. The minimum atomic E-state index is -3.60. The number of hydrogen-bond acceptors (Lipinski definition) is 4. The van der Waals surface area contributed by atoms with E-state index in [0.717, 1.165) is 19.4 Å². The quantitative estimate of drug-likeness (QED) is 0.688. The molecule has 0 bridgehead atoms. The molecule has 2 atom stereocenters. The summed E-state index contributed by atoms with van der Waals surface area (Å²) in [6.07, 6.45) is 3.47. The highest BCUT2D eigenvalue weighted by Crippen LogP contribution is 2.28. The van der Waals surface area contributed by atoms with E-state index >= 15 is 0 Å². The average Bonchev–Trinajstić information content (AvgIpc) is 2.64. The molecule has 2 rings (SSSR count). The first-order chi connectivity index (χ1) is 12.8. The van der Waals surface area contributed by atoms with Gasteiger partial charge in [0.2, 0.25) is 10.0 Å². The average molecular weight is 399 g/mol. The maximum atomic E-state index is 12.8. The highest BCUT2D eigenvalue weighted by molar-refractivity contribution is 7.89. The van der Waals surface area contributed by atoms with E-state index in [1.165, 1.54) is 34.9 Å². The molecule has 2 N–H and O–H groups in total. The number of quaternary nitrogens is 1. The molecule has 1 saturated heterocycles. The molecular weight excluding hydrogens is 366 g/mol. The summed E-state index contributed by atoms with van der Waals surface area (Å²) in [6, 6.07) is 5.04.